The number of benzene rings is 1. The van der Waals surface area contributed by atoms with E-state index in [4.69, 9.17) is 28.9 Å². The molecular formula is C12H16Cl2N2OS. The van der Waals surface area contributed by atoms with E-state index in [1.54, 1.807) is 23.9 Å². The molecule has 0 saturated carbocycles. The molecule has 1 aromatic carbocycles. The van der Waals surface area contributed by atoms with Crippen molar-refractivity contribution >= 4 is 52.2 Å². The first-order valence-electron chi connectivity index (χ1n) is 5.52. The van der Waals surface area contributed by atoms with Crippen molar-refractivity contribution in [3.8, 4) is 0 Å². The lowest BCUT2D eigenvalue weighted by Gasteiger charge is -2.11. The topological polar surface area (TPSA) is 55.1 Å². The minimum absolute atomic E-state index is 0.114. The van der Waals surface area contributed by atoms with Crippen LogP contribution >= 0.6 is 35.0 Å². The number of carbonyl (C=O) groups is 1. The van der Waals surface area contributed by atoms with Crippen LogP contribution in [-0.4, -0.2) is 17.4 Å². The minimum atomic E-state index is -0.114. The molecule has 0 radical (unpaired) electrons. The summed E-state index contributed by atoms with van der Waals surface area (Å²) in [4.78, 5) is 11.7. The molecule has 0 aliphatic carbocycles. The highest BCUT2D eigenvalue weighted by Crippen LogP contribution is 2.32. The number of hydrogen-bond donors (Lipinski definition) is 2. The van der Waals surface area contributed by atoms with Gasteiger partial charge in [-0.25, -0.2) is 0 Å². The third-order valence-electron chi connectivity index (χ3n) is 2.03. The molecule has 1 aromatic rings. The Hall–Kier alpha value is -0.580. The maximum atomic E-state index is 11.7. The average Bonchev–Trinajstić information content (AvgIpc) is 2.22. The zero-order chi connectivity index (χ0) is 13.7. The van der Waals surface area contributed by atoms with E-state index < -0.39 is 0 Å². The number of hydrogen-bond acceptors (Lipinski definition) is 3. The Labute approximate surface area is 121 Å². The Kier molecular flexibility index (Phi) is 6.12. The quantitative estimate of drug-likeness (QED) is 0.811. The Morgan fingerprint density at radius 3 is 2.67 bits per heavy atom. The molecule has 3 N–H and O–H groups in total. The average molecular weight is 307 g/mol. The van der Waals surface area contributed by atoms with Crippen molar-refractivity contribution in [3.63, 3.8) is 0 Å². The molecule has 100 valence electrons. The van der Waals surface area contributed by atoms with Crippen molar-refractivity contribution in [1.29, 1.82) is 0 Å². The van der Waals surface area contributed by atoms with Crippen molar-refractivity contribution in [1.82, 2.24) is 0 Å². The summed E-state index contributed by atoms with van der Waals surface area (Å²) in [6.45, 7) is 4.22. The number of nitrogen functional groups attached to an aromatic ring is 1. The number of halogens is 2. The minimum Gasteiger partial charge on any atom is -0.397 e. The van der Waals surface area contributed by atoms with Crippen LogP contribution in [-0.2, 0) is 4.79 Å². The van der Waals surface area contributed by atoms with Crippen LogP contribution < -0.4 is 11.1 Å². The van der Waals surface area contributed by atoms with Gasteiger partial charge in [0.15, 0.2) is 0 Å². The molecule has 0 heterocycles. The van der Waals surface area contributed by atoms with Crippen LogP contribution in [0.15, 0.2) is 12.1 Å². The molecular weight excluding hydrogens is 291 g/mol. The van der Waals surface area contributed by atoms with Gasteiger partial charge >= 0.3 is 0 Å². The number of nitrogens with one attached hydrogen (secondary N) is 1. The highest BCUT2D eigenvalue weighted by molar-refractivity contribution is 7.99. The summed E-state index contributed by atoms with van der Waals surface area (Å²) in [7, 11) is 0. The number of anilines is 2. The predicted octanol–water partition coefficient (Wildman–Crippen LogP) is 3.90. The van der Waals surface area contributed by atoms with Crippen LogP contribution in [0.2, 0.25) is 10.0 Å². The van der Waals surface area contributed by atoms with Crippen molar-refractivity contribution < 1.29 is 4.79 Å². The maximum absolute atomic E-state index is 11.7. The summed E-state index contributed by atoms with van der Waals surface area (Å²) in [5.74, 6) is 1.77. The summed E-state index contributed by atoms with van der Waals surface area (Å²) in [5.41, 5.74) is 6.55. The summed E-state index contributed by atoms with van der Waals surface area (Å²) >= 11 is 13.4. The fourth-order valence-corrected chi connectivity index (χ4v) is 2.69. The molecule has 0 atom stereocenters. The third kappa shape index (κ3) is 4.96. The van der Waals surface area contributed by atoms with Crippen molar-refractivity contribution in [3.05, 3.63) is 22.2 Å². The van der Waals surface area contributed by atoms with Crippen LogP contribution in [0.25, 0.3) is 0 Å². The lowest BCUT2D eigenvalue weighted by atomic mass is 10.2. The summed E-state index contributed by atoms with van der Waals surface area (Å²) in [5, 5.41) is 3.50. The lowest BCUT2D eigenvalue weighted by molar-refractivity contribution is -0.113. The Bertz CT molecular complexity index is 415. The van der Waals surface area contributed by atoms with Gasteiger partial charge in [-0.15, -0.1) is 0 Å². The normalized spacial score (nSPS) is 10.7. The summed E-state index contributed by atoms with van der Waals surface area (Å²) in [6.07, 6.45) is 0. The molecule has 18 heavy (non-hydrogen) atoms. The standard InChI is InChI=1S/C12H16Cl2N2OS/c1-7(2)5-18-6-11(17)16-12-9(14)3-8(13)4-10(12)15/h3-4,7H,5-6,15H2,1-2H3,(H,16,17). The lowest BCUT2D eigenvalue weighted by Crippen LogP contribution is -2.16. The van der Waals surface area contributed by atoms with E-state index in [1.165, 1.54) is 0 Å². The van der Waals surface area contributed by atoms with Gasteiger partial charge in [0.05, 0.1) is 22.2 Å². The molecule has 0 aliphatic rings. The Balaban J connectivity index is 2.59. The molecule has 1 rings (SSSR count). The van der Waals surface area contributed by atoms with Crippen LogP contribution in [0, 0.1) is 5.92 Å². The highest BCUT2D eigenvalue weighted by Gasteiger charge is 2.10. The number of rotatable bonds is 5. The first-order chi connectivity index (χ1) is 8.40. The van der Waals surface area contributed by atoms with E-state index in [0.717, 1.165) is 5.75 Å². The van der Waals surface area contributed by atoms with Crippen LogP contribution in [0.1, 0.15) is 13.8 Å². The summed E-state index contributed by atoms with van der Waals surface area (Å²) < 4.78 is 0. The van der Waals surface area contributed by atoms with Crippen molar-refractivity contribution in [2.75, 3.05) is 22.6 Å². The van der Waals surface area contributed by atoms with Gasteiger partial charge in [0.2, 0.25) is 5.91 Å². The van der Waals surface area contributed by atoms with Gasteiger partial charge < -0.3 is 11.1 Å². The Morgan fingerprint density at radius 2 is 2.11 bits per heavy atom. The van der Waals surface area contributed by atoms with Crippen LogP contribution in [0.3, 0.4) is 0 Å². The van der Waals surface area contributed by atoms with Gasteiger partial charge in [0.1, 0.15) is 0 Å². The molecule has 0 bridgehead atoms. The van der Waals surface area contributed by atoms with E-state index >= 15 is 0 Å². The van der Waals surface area contributed by atoms with Gasteiger partial charge in [-0.3, -0.25) is 4.79 Å². The molecule has 0 aromatic heterocycles. The first kappa shape index (κ1) is 15.5. The number of nitrogens with two attached hydrogens (primary N) is 1. The van der Waals surface area contributed by atoms with Gasteiger partial charge in [0.25, 0.3) is 0 Å². The second-order valence-corrected chi connectivity index (χ2v) is 6.18. The molecule has 0 unspecified atom stereocenters. The van der Waals surface area contributed by atoms with Gasteiger partial charge in [0, 0.05) is 5.02 Å². The van der Waals surface area contributed by atoms with E-state index in [-0.39, 0.29) is 5.91 Å². The Morgan fingerprint density at radius 1 is 1.44 bits per heavy atom. The fraction of sp³-hybridized carbons (Fsp3) is 0.417. The largest absolute Gasteiger partial charge is 0.397 e. The van der Waals surface area contributed by atoms with E-state index in [9.17, 15) is 4.79 Å². The summed E-state index contributed by atoms with van der Waals surface area (Å²) in [6, 6.07) is 3.11. The number of amides is 1. The third-order valence-corrected chi connectivity index (χ3v) is 3.92. The molecule has 0 aliphatic heterocycles. The molecule has 3 nitrogen and oxygen atoms in total. The van der Waals surface area contributed by atoms with Crippen molar-refractivity contribution in [2.45, 2.75) is 13.8 Å². The molecule has 1 amide bonds. The molecule has 0 spiro atoms. The number of thioether (sulfide) groups is 1. The van der Waals surface area contributed by atoms with Crippen LogP contribution in [0.5, 0.6) is 0 Å². The van der Waals surface area contributed by atoms with E-state index in [2.05, 4.69) is 19.2 Å². The zero-order valence-electron chi connectivity index (χ0n) is 10.3. The van der Waals surface area contributed by atoms with Gasteiger partial charge in [-0.1, -0.05) is 37.0 Å². The first-order valence-corrected chi connectivity index (χ1v) is 7.43. The predicted molar refractivity (Wildman–Crippen MR) is 81.7 cm³/mol. The van der Waals surface area contributed by atoms with Gasteiger partial charge in [-0.2, -0.15) is 11.8 Å². The van der Waals surface area contributed by atoms with Gasteiger partial charge in [-0.05, 0) is 23.8 Å². The SMILES string of the molecule is CC(C)CSCC(=O)Nc1c(N)cc(Cl)cc1Cl. The smallest absolute Gasteiger partial charge is 0.234 e. The second kappa shape index (κ2) is 7.12. The highest BCUT2D eigenvalue weighted by atomic mass is 35.5. The fourth-order valence-electron chi connectivity index (χ4n) is 1.29. The van der Waals surface area contributed by atoms with Crippen LogP contribution in [0.4, 0.5) is 11.4 Å². The number of carbonyl (C=O) groups excluding carboxylic acids is 1. The monoisotopic (exact) mass is 306 g/mol. The molecule has 0 fully saturated rings. The second-order valence-electron chi connectivity index (χ2n) is 4.31. The van der Waals surface area contributed by atoms with Crippen molar-refractivity contribution in [2.24, 2.45) is 5.92 Å². The maximum Gasteiger partial charge on any atom is 0.234 e. The molecule has 6 heteroatoms. The zero-order valence-corrected chi connectivity index (χ0v) is 12.6. The molecule has 0 saturated heterocycles. The van der Waals surface area contributed by atoms with E-state index in [1.807, 2.05) is 0 Å². The van der Waals surface area contributed by atoms with E-state index in [0.29, 0.717) is 33.1 Å².